The number of ether oxygens (including phenoxy) is 1. The van der Waals surface area contributed by atoms with Crippen LogP contribution in [0.4, 0.5) is 5.82 Å². The minimum atomic E-state index is -0.111. The van der Waals surface area contributed by atoms with Crippen molar-refractivity contribution in [2.45, 2.75) is 37.6 Å². The van der Waals surface area contributed by atoms with E-state index in [0.717, 1.165) is 42.6 Å². The minimum Gasteiger partial charge on any atom is -0.497 e. The van der Waals surface area contributed by atoms with Crippen molar-refractivity contribution in [3.8, 4) is 5.75 Å². The second-order valence-corrected chi connectivity index (χ2v) is 8.49. The van der Waals surface area contributed by atoms with Crippen LogP contribution in [0.25, 0.3) is 0 Å². The predicted molar refractivity (Wildman–Crippen MR) is 118 cm³/mol. The molecule has 2 aromatic rings. The number of anilines is 1. The van der Waals surface area contributed by atoms with Crippen molar-refractivity contribution in [2.75, 3.05) is 18.2 Å². The van der Waals surface area contributed by atoms with Crippen molar-refractivity contribution in [2.24, 2.45) is 0 Å². The Balaban J connectivity index is 1.47. The smallest absolute Gasteiger partial charge is 0.251 e. The Hall–Kier alpha value is -2.80. The van der Waals surface area contributed by atoms with Crippen molar-refractivity contribution in [3.63, 3.8) is 0 Å². The first-order chi connectivity index (χ1) is 14.7. The molecule has 2 heterocycles. The quantitative estimate of drug-likeness (QED) is 0.729. The van der Waals surface area contributed by atoms with Crippen LogP contribution >= 0.6 is 11.8 Å². The van der Waals surface area contributed by atoms with E-state index in [4.69, 9.17) is 4.74 Å². The molecular weight excluding hydrogens is 398 g/mol. The molecule has 0 saturated heterocycles. The van der Waals surface area contributed by atoms with Crippen LogP contribution in [0.1, 0.15) is 31.2 Å². The van der Waals surface area contributed by atoms with Gasteiger partial charge in [-0.15, -0.1) is 11.8 Å². The molecule has 0 saturated carbocycles. The normalized spacial score (nSPS) is 18.4. The number of nitrogens with zero attached hydrogens (tertiary/aromatic N) is 2. The van der Waals surface area contributed by atoms with Crippen molar-refractivity contribution in [1.29, 1.82) is 0 Å². The van der Waals surface area contributed by atoms with E-state index >= 15 is 0 Å². The third-order valence-electron chi connectivity index (χ3n) is 5.43. The number of carbonyl (C=O) groups is 2. The van der Waals surface area contributed by atoms with Crippen LogP contribution in [0.15, 0.2) is 59.8 Å². The van der Waals surface area contributed by atoms with Gasteiger partial charge in [0.2, 0.25) is 5.91 Å². The maximum absolute atomic E-state index is 13.1. The average Bonchev–Trinajstić information content (AvgIpc) is 3.05. The van der Waals surface area contributed by atoms with E-state index in [1.165, 1.54) is 17.3 Å². The lowest BCUT2D eigenvalue weighted by Gasteiger charge is -2.27. The molecule has 1 aliphatic heterocycles. The molecule has 0 spiro atoms. The second kappa shape index (κ2) is 9.34. The van der Waals surface area contributed by atoms with Crippen molar-refractivity contribution in [1.82, 2.24) is 9.88 Å². The summed E-state index contributed by atoms with van der Waals surface area (Å²) < 4.78 is 5.23. The first-order valence-corrected chi connectivity index (χ1v) is 11.2. The Bertz CT molecular complexity index is 944. The lowest BCUT2D eigenvalue weighted by molar-refractivity contribution is -0.126. The van der Waals surface area contributed by atoms with E-state index in [1.54, 1.807) is 19.4 Å². The standard InChI is InChI=1S/C23H25N3O3S/c1-29-17-11-9-16(10-12-17)14-26-22(28)18-6-2-3-7-19(18)23(26)30-15-21(27)25-20-8-4-5-13-24-20/h4-5,8-13,23H,2-3,6-7,14-15H2,1H3,(H,24,25,27). The summed E-state index contributed by atoms with van der Waals surface area (Å²) >= 11 is 1.52. The first-order valence-electron chi connectivity index (χ1n) is 10.1. The summed E-state index contributed by atoms with van der Waals surface area (Å²) in [5, 5.41) is 2.73. The van der Waals surface area contributed by atoms with Gasteiger partial charge >= 0.3 is 0 Å². The van der Waals surface area contributed by atoms with Crippen molar-refractivity contribution < 1.29 is 14.3 Å². The molecule has 1 unspecified atom stereocenters. The summed E-state index contributed by atoms with van der Waals surface area (Å²) in [4.78, 5) is 31.6. The third-order valence-corrected chi connectivity index (χ3v) is 6.71. The highest BCUT2D eigenvalue weighted by molar-refractivity contribution is 8.00. The Labute approximate surface area is 180 Å². The number of hydrogen-bond donors (Lipinski definition) is 1. The van der Waals surface area contributed by atoms with Gasteiger partial charge in [-0.3, -0.25) is 9.59 Å². The molecule has 7 heteroatoms. The van der Waals surface area contributed by atoms with Crippen LogP contribution < -0.4 is 10.1 Å². The van der Waals surface area contributed by atoms with E-state index in [1.807, 2.05) is 41.3 Å². The number of pyridine rings is 1. The molecule has 4 rings (SSSR count). The summed E-state index contributed by atoms with van der Waals surface area (Å²) in [7, 11) is 1.64. The van der Waals surface area contributed by atoms with E-state index in [9.17, 15) is 9.59 Å². The zero-order valence-corrected chi connectivity index (χ0v) is 17.8. The topological polar surface area (TPSA) is 71.5 Å². The molecule has 1 aromatic carbocycles. The number of carbonyl (C=O) groups excluding carboxylic acids is 2. The van der Waals surface area contributed by atoms with Gasteiger partial charge in [-0.05, 0) is 61.1 Å². The Morgan fingerprint density at radius 3 is 2.73 bits per heavy atom. The van der Waals surface area contributed by atoms with E-state index < -0.39 is 0 Å². The molecule has 0 fully saturated rings. The Kier molecular flexibility index (Phi) is 6.38. The SMILES string of the molecule is COc1ccc(CN2C(=O)C3=C(CCCC3)C2SCC(=O)Nc2ccccn2)cc1. The Morgan fingerprint density at radius 1 is 1.20 bits per heavy atom. The first kappa shape index (κ1) is 20.5. The van der Waals surface area contributed by atoms with Crippen molar-refractivity contribution >= 4 is 29.4 Å². The molecule has 6 nitrogen and oxygen atoms in total. The highest BCUT2D eigenvalue weighted by atomic mass is 32.2. The molecular formula is C23H25N3O3S. The Morgan fingerprint density at radius 2 is 2.00 bits per heavy atom. The highest BCUT2D eigenvalue weighted by Crippen LogP contribution is 2.41. The third kappa shape index (κ3) is 4.51. The van der Waals surface area contributed by atoms with E-state index in [-0.39, 0.29) is 22.9 Å². The van der Waals surface area contributed by atoms with Crippen LogP contribution in [-0.4, -0.2) is 39.9 Å². The largest absolute Gasteiger partial charge is 0.497 e. The molecule has 2 amide bonds. The molecule has 30 heavy (non-hydrogen) atoms. The van der Waals surface area contributed by atoms with Gasteiger partial charge < -0.3 is 15.0 Å². The molecule has 1 aromatic heterocycles. The summed E-state index contributed by atoms with van der Waals surface area (Å²) in [5.74, 6) is 1.60. The molecule has 0 radical (unpaired) electrons. The van der Waals surface area contributed by atoms with Gasteiger partial charge in [0.25, 0.3) is 5.91 Å². The fourth-order valence-electron chi connectivity index (χ4n) is 3.96. The van der Waals surface area contributed by atoms with Crippen molar-refractivity contribution in [3.05, 3.63) is 65.4 Å². The summed E-state index contributed by atoms with van der Waals surface area (Å²) in [5.41, 5.74) is 3.21. The number of thioether (sulfide) groups is 1. The fourth-order valence-corrected chi connectivity index (χ4v) is 5.15. The van der Waals surface area contributed by atoms with Crippen LogP contribution in [0.5, 0.6) is 5.75 Å². The number of rotatable bonds is 7. The fraction of sp³-hybridized carbons (Fsp3) is 0.348. The number of hydrogen-bond acceptors (Lipinski definition) is 5. The number of nitrogens with one attached hydrogen (secondary N) is 1. The number of benzene rings is 1. The zero-order valence-electron chi connectivity index (χ0n) is 17.0. The highest BCUT2D eigenvalue weighted by Gasteiger charge is 2.40. The number of methoxy groups -OCH3 is 1. The maximum atomic E-state index is 13.1. The van der Waals surface area contributed by atoms with Gasteiger partial charge in [-0.2, -0.15) is 0 Å². The van der Waals surface area contributed by atoms with Gasteiger partial charge in [0.05, 0.1) is 12.9 Å². The van der Waals surface area contributed by atoms with Crippen LogP contribution in [0.2, 0.25) is 0 Å². The lowest BCUT2D eigenvalue weighted by Crippen LogP contribution is -2.34. The second-order valence-electron chi connectivity index (χ2n) is 7.42. The molecule has 1 atom stereocenters. The minimum absolute atomic E-state index is 0.0932. The lowest BCUT2D eigenvalue weighted by atomic mass is 9.94. The van der Waals surface area contributed by atoms with Crippen LogP contribution in [0.3, 0.4) is 0 Å². The maximum Gasteiger partial charge on any atom is 0.251 e. The van der Waals surface area contributed by atoms with Gasteiger partial charge in [0.1, 0.15) is 16.9 Å². The molecule has 1 N–H and O–H groups in total. The van der Waals surface area contributed by atoms with E-state index in [0.29, 0.717) is 12.4 Å². The van der Waals surface area contributed by atoms with Crippen LogP contribution in [0, 0.1) is 0 Å². The van der Waals surface area contributed by atoms with Gasteiger partial charge in [-0.25, -0.2) is 4.98 Å². The average molecular weight is 424 g/mol. The molecule has 1 aliphatic carbocycles. The summed E-state index contributed by atoms with van der Waals surface area (Å²) in [6.07, 6.45) is 5.57. The van der Waals surface area contributed by atoms with Gasteiger partial charge in [0.15, 0.2) is 0 Å². The zero-order chi connectivity index (χ0) is 20.9. The number of amides is 2. The molecule has 0 bridgehead atoms. The number of aromatic nitrogens is 1. The van der Waals surface area contributed by atoms with Gasteiger partial charge in [-0.1, -0.05) is 18.2 Å². The van der Waals surface area contributed by atoms with Crippen LogP contribution in [-0.2, 0) is 16.1 Å². The monoisotopic (exact) mass is 423 g/mol. The van der Waals surface area contributed by atoms with Gasteiger partial charge in [0, 0.05) is 18.3 Å². The summed E-state index contributed by atoms with van der Waals surface area (Å²) in [6, 6.07) is 13.2. The van der Waals surface area contributed by atoms with E-state index in [2.05, 4.69) is 10.3 Å². The molecule has 156 valence electrons. The molecule has 2 aliphatic rings. The predicted octanol–water partition coefficient (Wildman–Crippen LogP) is 4.00. The summed E-state index contributed by atoms with van der Waals surface area (Å²) in [6.45, 7) is 0.523.